The number of rotatable bonds is 3. The van der Waals surface area contributed by atoms with Crippen molar-refractivity contribution >= 4 is 5.95 Å². The van der Waals surface area contributed by atoms with Crippen LogP contribution in [0.3, 0.4) is 0 Å². The summed E-state index contributed by atoms with van der Waals surface area (Å²) in [4.78, 5) is 8.24. The fraction of sp³-hybridized carbons (Fsp3) is 0.333. The van der Waals surface area contributed by atoms with Gasteiger partial charge in [-0.3, -0.25) is 5.43 Å². The van der Waals surface area contributed by atoms with Gasteiger partial charge < -0.3 is 4.74 Å². The minimum atomic E-state index is 0.0735. The van der Waals surface area contributed by atoms with Gasteiger partial charge in [-0.2, -0.15) is 4.98 Å². The third-order valence-electron chi connectivity index (χ3n) is 2.97. The highest BCUT2D eigenvalue weighted by atomic mass is 16.5. The Balaban J connectivity index is 2.30. The molecule has 0 saturated heterocycles. The van der Waals surface area contributed by atoms with Gasteiger partial charge in [0.05, 0.1) is 0 Å². The molecule has 0 bridgehead atoms. The zero-order chi connectivity index (χ0) is 14.8. The van der Waals surface area contributed by atoms with E-state index in [1.165, 1.54) is 5.56 Å². The van der Waals surface area contributed by atoms with Gasteiger partial charge in [0.1, 0.15) is 5.75 Å². The van der Waals surface area contributed by atoms with Crippen molar-refractivity contribution in [3.63, 3.8) is 0 Å². The van der Waals surface area contributed by atoms with E-state index in [9.17, 15) is 0 Å². The average Bonchev–Trinajstić information content (AvgIpc) is 2.41. The van der Waals surface area contributed by atoms with Crippen LogP contribution in [0.15, 0.2) is 30.5 Å². The van der Waals surface area contributed by atoms with Gasteiger partial charge in [-0.25, -0.2) is 10.8 Å². The number of nitrogens with one attached hydrogen (secondary N) is 1. The van der Waals surface area contributed by atoms with Gasteiger partial charge in [-0.05, 0) is 30.0 Å². The fourth-order valence-electron chi connectivity index (χ4n) is 1.74. The number of hydrogen-bond acceptors (Lipinski definition) is 5. The van der Waals surface area contributed by atoms with E-state index in [-0.39, 0.29) is 5.41 Å². The lowest BCUT2D eigenvalue weighted by Crippen LogP contribution is -2.11. The molecule has 0 fully saturated rings. The first-order chi connectivity index (χ1) is 9.40. The summed E-state index contributed by atoms with van der Waals surface area (Å²) in [6.45, 7) is 8.39. The van der Waals surface area contributed by atoms with Crippen molar-refractivity contribution in [1.82, 2.24) is 9.97 Å². The van der Waals surface area contributed by atoms with Gasteiger partial charge in [0, 0.05) is 11.8 Å². The van der Waals surface area contributed by atoms with Crippen LogP contribution in [0.4, 0.5) is 5.95 Å². The van der Waals surface area contributed by atoms with Crippen LogP contribution in [0.2, 0.25) is 0 Å². The molecule has 5 heteroatoms. The van der Waals surface area contributed by atoms with Crippen molar-refractivity contribution in [2.24, 2.45) is 5.84 Å². The van der Waals surface area contributed by atoms with Gasteiger partial charge in [-0.1, -0.05) is 32.9 Å². The van der Waals surface area contributed by atoms with Crippen LogP contribution in [-0.2, 0) is 5.41 Å². The minimum absolute atomic E-state index is 0.0735. The lowest BCUT2D eigenvalue weighted by molar-refractivity contribution is 0.455. The van der Waals surface area contributed by atoms with E-state index in [1.807, 2.05) is 25.1 Å². The number of nitrogens with two attached hydrogens (primary N) is 1. The molecule has 1 aromatic heterocycles. The fourth-order valence-corrected chi connectivity index (χ4v) is 1.74. The molecular weight excluding hydrogens is 252 g/mol. The topological polar surface area (TPSA) is 73.1 Å². The van der Waals surface area contributed by atoms with Crippen LogP contribution in [0.1, 0.15) is 31.9 Å². The molecule has 0 aliphatic carbocycles. The molecule has 1 heterocycles. The van der Waals surface area contributed by atoms with Crippen molar-refractivity contribution in [1.29, 1.82) is 0 Å². The Hall–Kier alpha value is -2.14. The minimum Gasteiger partial charge on any atom is -0.439 e. The Bertz CT molecular complexity index is 605. The molecule has 0 saturated carbocycles. The van der Waals surface area contributed by atoms with Crippen molar-refractivity contribution in [3.05, 3.63) is 41.6 Å². The lowest BCUT2D eigenvalue weighted by Gasteiger charge is -2.19. The highest BCUT2D eigenvalue weighted by molar-refractivity contribution is 5.38. The maximum absolute atomic E-state index is 5.84. The quantitative estimate of drug-likeness (QED) is 0.663. The molecule has 0 unspecified atom stereocenters. The van der Waals surface area contributed by atoms with E-state index in [0.717, 1.165) is 11.3 Å². The number of aryl methyl sites for hydroxylation is 1. The summed E-state index contributed by atoms with van der Waals surface area (Å²) in [7, 11) is 0. The second-order valence-corrected chi connectivity index (χ2v) is 5.71. The normalized spacial score (nSPS) is 11.2. The zero-order valence-electron chi connectivity index (χ0n) is 12.3. The van der Waals surface area contributed by atoms with Crippen molar-refractivity contribution in [2.75, 3.05) is 5.43 Å². The predicted molar refractivity (Wildman–Crippen MR) is 79.8 cm³/mol. The van der Waals surface area contributed by atoms with Crippen molar-refractivity contribution in [2.45, 2.75) is 33.1 Å². The first kappa shape index (κ1) is 14.3. The van der Waals surface area contributed by atoms with Crippen LogP contribution in [0.5, 0.6) is 11.6 Å². The van der Waals surface area contributed by atoms with E-state index >= 15 is 0 Å². The van der Waals surface area contributed by atoms with Crippen molar-refractivity contribution in [3.8, 4) is 11.6 Å². The maximum Gasteiger partial charge on any atom is 0.240 e. The molecule has 2 aromatic rings. The van der Waals surface area contributed by atoms with Gasteiger partial charge in [0.2, 0.25) is 11.8 Å². The molecule has 0 atom stereocenters. The first-order valence-electron chi connectivity index (χ1n) is 6.49. The molecule has 0 amide bonds. The molecule has 3 N–H and O–H groups in total. The monoisotopic (exact) mass is 272 g/mol. The Labute approximate surface area is 119 Å². The Morgan fingerprint density at radius 3 is 2.65 bits per heavy atom. The lowest BCUT2D eigenvalue weighted by atomic mass is 9.87. The molecule has 0 aliphatic rings. The molecule has 1 aromatic carbocycles. The molecule has 2 rings (SSSR count). The average molecular weight is 272 g/mol. The molecule has 0 radical (unpaired) electrons. The highest BCUT2D eigenvalue weighted by Gasteiger charge is 2.14. The van der Waals surface area contributed by atoms with Crippen molar-refractivity contribution < 1.29 is 4.74 Å². The van der Waals surface area contributed by atoms with Crippen LogP contribution in [0, 0.1) is 6.92 Å². The van der Waals surface area contributed by atoms with Crippen LogP contribution < -0.4 is 16.0 Å². The first-order valence-corrected chi connectivity index (χ1v) is 6.49. The third-order valence-corrected chi connectivity index (χ3v) is 2.97. The number of anilines is 1. The summed E-state index contributed by atoms with van der Waals surface area (Å²) in [6.07, 6.45) is 1.67. The standard InChI is InChI=1S/C15H20N4O/c1-10-9-17-14(19-16)18-13(10)20-12-7-5-6-11(8-12)15(2,3)4/h5-9H,16H2,1-4H3,(H,17,18,19). The SMILES string of the molecule is Cc1cnc(NN)nc1Oc1cccc(C(C)(C)C)c1. The summed E-state index contributed by atoms with van der Waals surface area (Å²) < 4.78 is 5.84. The molecule has 5 nitrogen and oxygen atoms in total. The molecular formula is C15H20N4O. The van der Waals surface area contributed by atoms with Gasteiger partial charge in [0.25, 0.3) is 0 Å². The third kappa shape index (κ3) is 3.24. The van der Waals surface area contributed by atoms with Gasteiger partial charge in [-0.15, -0.1) is 0 Å². The second-order valence-electron chi connectivity index (χ2n) is 5.71. The Morgan fingerprint density at radius 1 is 1.25 bits per heavy atom. The zero-order valence-corrected chi connectivity index (χ0v) is 12.3. The number of nitrogen functional groups attached to an aromatic ring is 1. The summed E-state index contributed by atoms with van der Waals surface area (Å²) in [5.41, 5.74) is 4.55. The summed E-state index contributed by atoms with van der Waals surface area (Å²) in [6, 6.07) is 8.00. The largest absolute Gasteiger partial charge is 0.439 e. The number of aromatic nitrogens is 2. The predicted octanol–water partition coefficient (Wildman–Crippen LogP) is 3.16. The Morgan fingerprint density at radius 2 is 2.00 bits per heavy atom. The van der Waals surface area contributed by atoms with E-state index in [1.54, 1.807) is 6.20 Å². The molecule has 20 heavy (non-hydrogen) atoms. The number of nitrogens with zero attached hydrogens (tertiary/aromatic N) is 2. The summed E-state index contributed by atoms with van der Waals surface area (Å²) >= 11 is 0. The molecule has 0 spiro atoms. The summed E-state index contributed by atoms with van der Waals surface area (Å²) in [5.74, 6) is 6.90. The summed E-state index contributed by atoms with van der Waals surface area (Å²) in [5, 5.41) is 0. The molecule has 106 valence electrons. The van der Waals surface area contributed by atoms with E-state index < -0.39 is 0 Å². The van der Waals surface area contributed by atoms with Gasteiger partial charge in [0.15, 0.2) is 0 Å². The second kappa shape index (κ2) is 5.46. The maximum atomic E-state index is 5.84. The highest BCUT2D eigenvalue weighted by Crippen LogP contribution is 2.28. The number of hydrogen-bond donors (Lipinski definition) is 2. The van der Waals surface area contributed by atoms with Crippen LogP contribution >= 0.6 is 0 Å². The number of benzene rings is 1. The number of hydrazine groups is 1. The van der Waals surface area contributed by atoms with E-state index in [0.29, 0.717) is 11.8 Å². The van der Waals surface area contributed by atoms with Gasteiger partial charge >= 0.3 is 0 Å². The van der Waals surface area contributed by atoms with E-state index in [2.05, 4.69) is 42.2 Å². The Kier molecular flexibility index (Phi) is 3.90. The van der Waals surface area contributed by atoms with E-state index in [4.69, 9.17) is 10.6 Å². The smallest absolute Gasteiger partial charge is 0.240 e. The number of ether oxygens (including phenoxy) is 1. The molecule has 0 aliphatic heterocycles. The van der Waals surface area contributed by atoms with Crippen LogP contribution in [-0.4, -0.2) is 9.97 Å². The van der Waals surface area contributed by atoms with Crippen LogP contribution in [0.25, 0.3) is 0 Å².